The second kappa shape index (κ2) is 14.7. The summed E-state index contributed by atoms with van der Waals surface area (Å²) in [6, 6.07) is 13.1. The third kappa shape index (κ3) is 8.78. The maximum Gasteiger partial charge on any atom is 0.258 e. The average molecular weight is 496 g/mol. The first-order valence-electron chi connectivity index (χ1n) is 11.0. The zero-order valence-corrected chi connectivity index (χ0v) is 21.4. The normalized spacial score (nSPS) is 11.0. The third-order valence-corrected chi connectivity index (χ3v) is 5.29. The molecule has 2 rings (SSSR count). The van der Waals surface area contributed by atoms with Gasteiger partial charge >= 0.3 is 0 Å². The number of ether oxygens (including phenoxy) is 2. The molecule has 0 saturated carbocycles. The molecule has 0 aliphatic heterocycles. The second-order valence-electron chi connectivity index (χ2n) is 8.12. The lowest BCUT2D eigenvalue weighted by Gasteiger charge is -2.31. The van der Waals surface area contributed by atoms with Gasteiger partial charge in [-0.2, -0.15) is 5.10 Å². The largest absolute Gasteiger partial charge is 0.494 e. The summed E-state index contributed by atoms with van der Waals surface area (Å²) in [5, 5.41) is 4.03. The van der Waals surface area contributed by atoms with Gasteiger partial charge in [-0.15, -0.1) is 12.4 Å². The molecule has 0 heterocycles. The van der Waals surface area contributed by atoms with E-state index in [1.54, 1.807) is 6.07 Å². The molecule has 0 radical (unpaired) electrons. The van der Waals surface area contributed by atoms with Crippen LogP contribution >= 0.6 is 24.0 Å². The SMILES string of the molecule is CC(C)N(C(=O)c1ccccc1OCCCCCOc1ccc(C=NN)c(Cl)c1)C(C)C.Cl. The number of para-hydroxylation sites is 1. The molecule has 0 aromatic heterocycles. The van der Waals surface area contributed by atoms with E-state index in [0.717, 1.165) is 24.8 Å². The second-order valence-corrected chi connectivity index (χ2v) is 8.52. The van der Waals surface area contributed by atoms with Gasteiger partial charge in [0.25, 0.3) is 5.91 Å². The number of carbonyl (C=O) groups excluding carboxylic acids is 1. The van der Waals surface area contributed by atoms with E-state index >= 15 is 0 Å². The topological polar surface area (TPSA) is 77.2 Å². The molecule has 0 bridgehead atoms. The van der Waals surface area contributed by atoms with Gasteiger partial charge in [0.2, 0.25) is 0 Å². The van der Waals surface area contributed by atoms with Gasteiger partial charge in [-0.05, 0) is 77.3 Å². The quantitative estimate of drug-likeness (QED) is 0.171. The van der Waals surface area contributed by atoms with Crippen molar-refractivity contribution in [1.82, 2.24) is 4.90 Å². The minimum atomic E-state index is 0. The number of rotatable bonds is 12. The fraction of sp³-hybridized carbons (Fsp3) is 0.440. The molecule has 0 unspecified atom stereocenters. The number of carbonyl (C=O) groups is 1. The summed E-state index contributed by atoms with van der Waals surface area (Å²) in [5.41, 5.74) is 1.36. The maximum absolute atomic E-state index is 13.0. The van der Waals surface area contributed by atoms with Crippen molar-refractivity contribution < 1.29 is 14.3 Å². The Morgan fingerprint density at radius 2 is 1.67 bits per heavy atom. The molecule has 8 heteroatoms. The van der Waals surface area contributed by atoms with Crippen molar-refractivity contribution in [2.45, 2.75) is 59.0 Å². The molecule has 0 spiro atoms. The van der Waals surface area contributed by atoms with Crippen molar-refractivity contribution in [2.75, 3.05) is 13.2 Å². The molecule has 33 heavy (non-hydrogen) atoms. The lowest BCUT2D eigenvalue weighted by Crippen LogP contribution is -2.42. The molecule has 2 aromatic carbocycles. The Morgan fingerprint density at radius 1 is 1.03 bits per heavy atom. The molecule has 0 saturated heterocycles. The number of unbranched alkanes of at least 4 members (excludes halogenated alkanes) is 2. The summed E-state index contributed by atoms with van der Waals surface area (Å²) >= 11 is 6.17. The summed E-state index contributed by atoms with van der Waals surface area (Å²) in [6.45, 7) is 9.25. The van der Waals surface area contributed by atoms with Gasteiger partial charge < -0.3 is 20.2 Å². The highest BCUT2D eigenvalue weighted by atomic mass is 35.5. The van der Waals surface area contributed by atoms with E-state index in [1.165, 1.54) is 6.21 Å². The Kier molecular flexibility index (Phi) is 12.7. The van der Waals surface area contributed by atoms with Crippen LogP contribution < -0.4 is 15.3 Å². The van der Waals surface area contributed by atoms with Gasteiger partial charge in [-0.25, -0.2) is 0 Å². The minimum absolute atomic E-state index is 0. The van der Waals surface area contributed by atoms with Crippen molar-refractivity contribution >= 4 is 36.1 Å². The monoisotopic (exact) mass is 495 g/mol. The van der Waals surface area contributed by atoms with E-state index in [2.05, 4.69) is 5.10 Å². The van der Waals surface area contributed by atoms with Crippen LogP contribution in [0.4, 0.5) is 0 Å². The van der Waals surface area contributed by atoms with Crippen LogP contribution in [-0.2, 0) is 0 Å². The summed E-state index contributed by atoms with van der Waals surface area (Å²) < 4.78 is 11.7. The fourth-order valence-electron chi connectivity index (χ4n) is 3.51. The van der Waals surface area contributed by atoms with Crippen LogP contribution in [-0.4, -0.2) is 42.3 Å². The predicted molar refractivity (Wildman–Crippen MR) is 138 cm³/mol. The number of amides is 1. The van der Waals surface area contributed by atoms with Crippen molar-refractivity contribution in [3.05, 3.63) is 58.6 Å². The number of halogens is 2. The summed E-state index contributed by atoms with van der Waals surface area (Å²) in [7, 11) is 0. The molecule has 182 valence electrons. The first-order valence-corrected chi connectivity index (χ1v) is 11.4. The van der Waals surface area contributed by atoms with Crippen molar-refractivity contribution in [3.8, 4) is 11.5 Å². The highest BCUT2D eigenvalue weighted by Crippen LogP contribution is 2.23. The molecule has 2 N–H and O–H groups in total. The number of nitrogens with zero attached hydrogens (tertiary/aromatic N) is 2. The number of hydrogen-bond donors (Lipinski definition) is 1. The van der Waals surface area contributed by atoms with E-state index in [9.17, 15) is 4.79 Å². The Bertz CT molecular complexity index is 896. The van der Waals surface area contributed by atoms with Crippen LogP contribution in [0.5, 0.6) is 11.5 Å². The van der Waals surface area contributed by atoms with Crippen molar-refractivity contribution in [1.29, 1.82) is 0 Å². The highest BCUT2D eigenvalue weighted by Gasteiger charge is 2.24. The van der Waals surface area contributed by atoms with E-state index in [0.29, 0.717) is 35.3 Å². The van der Waals surface area contributed by atoms with Crippen LogP contribution in [0.2, 0.25) is 5.02 Å². The zero-order chi connectivity index (χ0) is 23.5. The molecule has 0 aliphatic carbocycles. The smallest absolute Gasteiger partial charge is 0.258 e. The molecular formula is C25H35Cl2N3O3. The molecule has 0 atom stereocenters. The fourth-order valence-corrected chi connectivity index (χ4v) is 3.73. The molecular weight excluding hydrogens is 461 g/mol. The number of nitrogens with two attached hydrogens (primary N) is 1. The van der Waals surface area contributed by atoms with Crippen LogP contribution in [0.25, 0.3) is 0 Å². The minimum Gasteiger partial charge on any atom is -0.494 e. The molecule has 6 nitrogen and oxygen atoms in total. The highest BCUT2D eigenvalue weighted by molar-refractivity contribution is 6.33. The zero-order valence-electron chi connectivity index (χ0n) is 19.8. The van der Waals surface area contributed by atoms with Crippen LogP contribution in [0.15, 0.2) is 47.6 Å². The standard InChI is InChI=1S/C25H34ClN3O3.ClH/c1-18(2)29(19(3)4)25(30)22-10-6-7-11-24(22)32-15-9-5-8-14-31-21-13-12-20(17-28-27)23(26)16-21;/h6-7,10-13,16-19H,5,8-9,14-15,27H2,1-4H3;1H. The van der Waals surface area contributed by atoms with Crippen molar-refractivity contribution in [3.63, 3.8) is 0 Å². The van der Waals surface area contributed by atoms with Crippen LogP contribution in [0.3, 0.4) is 0 Å². The van der Waals surface area contributed by atoms with Crippen molar-refractivity contribution in [2.24, 2.45) is 10.9 Å². The number of hydrogen-bond acceptors (Lipinski definition) is 5. The van der Waals surface area contributed by atoms with Gasteiger partial charge in [0, 0.05) is 17.6 Å². The van der Waals surface area contributed by atoms with Gasteiger partial charge in [0.1, 0.15) is 11.5 Å². The number of benzene rings is 2. The molecule has 0 fully saturated rings. The Morgan fingerprint density at radius 3 is 2.27 bits per heavy atom. The van der Waals surface area contributed by atoms with E-state index in [1.807, 2.05) is 69.0 Å². The summed E-state index contributed by atoms with van der Waals surface area (Å²) in [5.74, 6) is 6.50. The van der Waals surface area contributed by atoms with Gasteiger partial charge in [0.15, 0.2) is 0 Å². The first kappa shape index (κ1) is 28.6. The first-order chi connectivity index (χ1) is 15.3. The summed E-state index contributed by atoms with van der Waals surface area (Å²) in [4.78, 5) is 14.9. The third-order valence-electron chi connectivity index (χ3n) is 4.97. The average Bonchev–Trinajstić information content (AvgIpc) is 2.74. The lowest BCUT2D eigenvalue weighted by molar-refractivity contribution is 0.0639. The molecule has 2 aromatic rings. The Labute approximate surface area is 208 Å². The van der Waals surface area contributed by atoms with E-state index in [-0.39, 0.29) is 30.4 Å². The maximum atomic E-state index is 13.0. The Balaban J connectivity index is 0.00000544. The summed E-state index contributed by atoms with van der Waals surface area (Å²) in [6.07, 6.45) is 4.21. The molecule has 1 amide bonds. The van der Waals surface area contributed by atoms with Gasteiger partial charge in [0.05, 0.1) is 30.0 Å². The predicted octanol–water partition coefficient (Wildman–Crippen LogP) is 5.94. The molecule has 0 aliphatic rings. The van der Waals surface area contributed by atoms with Crippen LogP contribution in [0.1, 0.15) is 62.9 Å². The Hall–Kier alpha value is -2.44. The van der Waals surface area contributed by atoms with Gasteiger partial charge in [-0.1, -0.05) is 23.7 Å². The van der Waals surface area contributed by atoms with Crippen LogP contribution in [0, 0.1) is 0 Å². The van der Waals surface area contributed by atoms with E-state index < -0.39 is 0 Å². The number of hydrazone groups is 1. The lowest BCUT2D eigenvalue weighted by atomic mass is 10.1. The van der Waals surface area contributed by atoms with E-state index in [4.69, 9.17) is 26.9 Å². The van der Waals surface area contributed by atoms with Gasteiger partial charge in [-0.3, -0.25) is 4.79 Å².